The topological polar surface area (TPSA) is 69.6 Å². The monoisotopic (exact) mass is 284 g/mol. The van der Waals surface area contributed by atoms with Crippen LogP contribution in [0.4, 0.5) is 4.79 Å². The number of carboxylic acids is 1. The number of aryl methyl sites for hydroxylation is 1. The highest BCUT2D eigenvalue weighted by molar-refractivity contribution is 7.08. The van der Waals surface area contributed by atoms with E-state index in [-0.39, 0.29) is 18.5 Å². The van der Waals surface area contributed by atoms with Crippen LogP contribution in [0.15, 0.2) is 10.8 Å². The van der Waals surface area contributed by atoms with Gasteiger partial charge in [-0.05, 0) is 34.7 Å². The molecule has 1 aromatic rings. The molecule has 0 saturated carbocycles. The fraction of sp³-hybridized carbons (Fsp3) is 0.538. The van der Waals surface area contributed by atoms with Crippen LogP contribution >= 0.6 is 11.3 Å². The van der Waals surface area contributed by atoms with Crippen LogP contribution in [0.5, 0.6) is 0 Å². The number of amides is 2. The van der Waals surface area contributed by atoms with Crippen molar-refractivity contribution in [2.24, 2.45) is 5.92 Å². The van der Waals surface area contributed by atoms with Gasteiger partial charge in [-0.1, -0.05) is 13.8 Å². The van der Waals surface area contributed by atoms with Crippen LogP contribution in [0, 0.1) is 12.8 Å². The third-order valence-corrected chi connectivity index (χ3v) is 3.50. The van der Waals surface area contributed by atoms with Gasteiger partial charge in [-0.3, -0.25) is 4.79 Å². The summed E-state index contributed by atoms with van der Waals surface area (Å²) < 4.78 is 0. The Balaban J connectivity index is 2.56. The molecule has 6 heteroatoms. The van der Waals surface area contributed by atoms with Gasteiger partial charge >= 0.3 is 12.0 Å². The first-order valence-corrected chi connectivity index (χ1v) is 7.10. The summed E-state index contributed by atoms with van der Waals surface area (Å²) in [6, 6.07) is -0.332. The first kappa shape index (κ1) is 15.5. The minimum absolute atomic E-state index is 0.230. The molecule has 106 valence electrons. The van der Waals surface area contributed by atoms with Crippen molar-refractivity contribution in [1.29, 1.82) is 0 Å². The molecule has 5 nitrogen and oxygen atoms in total. The first-order valence-electron chi connectivity index (χ1n) is 6.16. The van der Waals surface area contributed by atoms with Crippen LogP contribution in [0.3, 0.4) is 0 Å². The van der Waals surface area contributed by atoms with E-state index in [2.05, 4.69) is 5.32 Å². The number of nitrogens with zero attached hydrogens (tertiary/aromatic N) is 1. The van der Waals surface area contributed by atoms with Gasteiger partial charge in [0.15, 0.2) is 0 Å². The van der Waals surface area contributed by atoms with Crippen LogP contribution in [-0.4, -0.2) is 35.1 Å². The zero-order chi connectivity index (χ0) is 14.4. The highest BCUT2D eigenvalue weighted by atomic mass is 32.1. The van der Waals surface area contributed by atoms with E-state index < -0.39 is 5.97 Å². The average molecular weight is 284 g/mol. The minimum atomic E-state index is -0.998. The van der Waals surface area contributed by atoms with Gasteiger partial charge in [0.2, 0.25) is 0 Å². The maximum Gasteiger partial charge on any atom is 0.323 e. The third-order valence-electron chi connectivity index (χ3n) is 2.59. The van der Waals surface area contributed by atoms with Crippen LogP contribution in [0.2, 0.25) is 0 Å². The van der Waals surface area contributed by atoms with E-state index in [0.29, 0.717) is 13.1 Å². The first-order chi connectivity index (χ1) is 8.90. The Kier molecular flexibility index (Phi) is 5.82. The molecule has 1 heterocycles. The van der Waals surface area contributed by atoms with Crippen molar-refractivity contribution in [1.82, 2.24) is 10.2 Å². The van der Waals surface area contributed by atoms with Crippen LogP contribution < -0.4 is 5.32 Å². The SMILES string of the molecule is Cc1cscc1CNC(=O)N(CC(=O)O)CC(C)C. The van der Waals surface area contributed by atoms with E-state index in [1.54, 1.807) is 11.3 Å². The van der Waals surface area contributed by atoms with Crippen molar-refractivity contribution in [2.75, 3.05) is 13.1 Å². The standard InChI is InChI=1S/C13H20N2O3S/c1-9(2)5-15(6-12(16)17)13(18)14-4-11-8-19-7-10(11)3/h7-9H,4-6H2,1-3H3,(H,14,18)(H,16,17). The molecule has 0 saturated heterocycles. The van der Waals surface area contributed by atoms with E-state index in [1.807, 2.05) is 31.5 Å². The summed E-state index contributed by atoms with van der Waals surface area (Å²) in [5.41, 5.74) is 2.21. The lowest BCUT2D eigenvalue weighted by atomic mass is 10.2. The van der Waals surface area contributed by atoms with Gasteiger partial charge in [-0.2, -0.15) is 11.3 Å². The Hall–Kier alpha value is -1.56. The lowest BCUT2D eigenvalue weighted by Crippen LogP contribution is -2.44. The van der Waals surface area contributed by atoms with Gasteiger partial charge in [-0.25, -0.2) is 4.79 Å². The summed E-state index contributed by atoms with van der Waals surface area (Å²) in [5, 5.41) is 15.6. The molecule has 0 aliphatic rings. The molecular weight excluding hydrogens is 264 g/mol. The van der Waals surface area contributed by atoms with Gasteiger partial charge in [0.05, 0.1) is 0 Å². The highest BCUT2D eigenvalue weighted by Gasteiger charge is 2.17. The van der Waals surface area contributed by atoms with Crippen molar-refractivity contribution >= 4 is 23.3 Å². The second-order valence-corrected chi connectivity index (χ2v) is 5.65. The summed E-state index contributed by atoms with van der Waals surface area (Å²) >= 11 is 1.59. The number of carbonyl (C=O) groups excluding carboxylic acids is 1. The number of thiophene rings is 1. The molecule has 1 rings (SSSR count). The molecule has 2 N–H and O–H groups in total. The molecule has 0 aromatic carbocycles. The predicted molar refractivity (Wildman–Crippen MR) is 75.3 cm³/mol. The molecule has 19 heavy (non-hydrogen) atoms. The minimum Gasteiger partial charge on any atom is -0.480 e. The maximum absolute atomic E-state index is 12.0. The molecule has 0 fully saturated rings. The van der Waals surface area contributed by atoms with E-state index in [4.69, 9.17) is 5.11 Å². The summed E-state index contributed by atoms with van der Waals surface area (Å²) in [5.74, 6) is -0.768. The predicted octanol–water partition coefficient (Wildman–Crippen LogP) is 2.31. The molecule has 0 radical (unpaired) electrons. The number of nitrogens with one attached hydrogen (secondary N) is 1. The summed E-state index contributed by atoms with van der Waals surface area (Å²) in [4.78, 5) is 24.1. The summed E-state index contributed by atoms with van der Waals surface area (Å²) in [6.07, 6.45) is 0. The zero-order valence-corrected chi connectivity index (χ0v) is 12.3. The molecule has 0 unspecified atom stereocenters. The Bertz CT molecular complexity index is 443. The zero-order valence-electron chi connectivity index (χ0n) is 11.5. The fourth-order valence-corrected chi connectivity index (χ4v) is 2.53. The number of hydrogen-bond donors (Lipinski definition) is 2. The number of hydrogen-bond acceptors (Lipinski definition) is 3. The average Bonchev–Trinajstić information content (AvgIpc) is 2.69. The largest absolute Gasteiger partial charge is 0.480 e. The van der Waals surface area contributed by atoms with Crippen LogP contribution in [-0.2, 0) is 11.3 Å². The molecule has 1 aromatic heterocycles. The summed E-state index contributed by atoms with van der Waals surface area (Å²) in [7, 11) is 0. The Labute approximate surface area is 117 Å². The van der Waals surface area contributed by atoms with E-state index in [1.165, 1.54) is 4.90 Å². The van der Waals surface area contributed by atoms with E-state index in [9.17, 15) is 9.59 Å². The van der Waals surface area contributed by atoms with Gasteiger partial charge in [0.25, 0.3) is 0 Å². The van der Waals surface area contributed by atoms with Gasteiger partial charge < -0.3 is 15.3 Å². The van der Waals surface area contributed by atoms with Crippen molar-refractivity contribution in [2.45, 2.75) is 27.3 Å². The van der Waals surface area contributed by atoms with Crippen LogP contribution in [0.25, 0.3) is 0 Å². The quantitative estimate of drug-likeness (QED) is 0.842. The number of urea groups is 1. The molecular formula is C13H20N2O3S. The maximum atomic E-state index is 12.0. The summed E-state index contributed by atoms with van der Waals surface area (Å²) in [6.45, 7) is 6.48. The third kappa shape index (κ3) is 5.30. The Morgan fingerprint density at radius 3 is 2.58 bits per heavy atom. The molecule has 0 aliphatic carbocycles. The number of carbonyl (C=O) groups is 2. The van der Waals surface area contributed by atoms with Crippen molar-refractivity contribution < 1.29 is 14.7 Å². The van der Waals surface area contributed by atoms with Crippen molar-refractivity contribution in [3.63, 3.8) is 0 Å². The van der Waals surface area contributed by atoms with E-state index in [0.717, 1.165) is 11.1 Å². The smallest absolute Gasteiger partial charge is 0.323 e. The molecule has 0 aliphatic heterocycles. The molecule has 0 spiro atoms. The van der Waals surface area contributed by atoms with Crippen molar-refractivity contribution in [3.05, 3.63) is 21.9 Å². The lowest BCUT2D eigenvalue weighted by Gasteiger charge is -2.23. The number of rotatable bonds is 6. The Morgan fingerprint density at radius 2 is 2.11 bits per heavy atom. The fourth-order valence-electron chi connectivity index (χ4n) is 1.67. The van der Waals surface area contributed by atoms with Gasteiger partial charge in [0, 0.05) is 13.1 Å². The molecule has 0 atom stereocenters. The van der Waals surface area contributed by atoms with Gasteiger partial charge in [-0.15, -0.1) is 0 Å². The van der Waals surface area contributed by atoms with Crippen molar-refractivity contribution in [3.8, 4) is 0 Å². The highest BCUT2D eigenvalue weighted by Crippen LogP contribution is 2.13. The van der Waals surface area contributed by atoms with Crippen LogP contribution in [0.1, 0.15) is 25.0 Å². The number of carboxylic acid groups (broad SMARTS) is 1. The molecule has 0 bridgehead atoms. The second-order valence-electron chi connectivity index (χ2n) is 4.91. The second kappa shape index (κ2) is 7.13. The molecule has 2 amide bonds. The number of aliphatic carboxylic acids is 1. The normalized spacial score (nSPS) is 10.5. The van der Waals surface area contributed by atoms with E-state index >= 15 is 0 Å². The van der Waals surface area contributed by atoms with Gasteiger partial charge in [0.1, 0.15) is 6.54 Å². The lowest BCUT2D eigenvalue weighted by molar-refractivity contribution is -0.137. The Morgan fingerprint density at radius 1 is 1.42 bits per heavy atom.